The first kappa shape index (κ1) is 17.2. The van der Waals surface area contributed by atoms with Crippen LogP contribution in [0.4, 0.5) is 13.2 Å². The van der Waals surface area contributed by atoms with Crippen LogP contribution in [-0.2, 0) is 6.18 Å². The third-order valence-electron chi connectivity index (χ3n) is 2.19. The number of hydrogen-bond donors (Lipinski definition) is 4. The van der Waals surface area contributed by atoms with Crippen molar-refractivity contribution in [2.24, 2.45) is 16.8 Å². The smallest absolute Gasteiger partial charge is 0.322 e. The number of thioether (sulfide) groups is 1. The van der Waals surface area contributed by atoms with Crippen molar-refractivity contribution in [1.29, 1.82) is 5.26 Å². The highest BCUT2D eigenvalue weighted by molar-refractivity contribution is 8.00. The standard InChI is InChI=1S/C9H8ClF3N6OS/c10-6-5(9(11,12)13)3(1-14)8(17-7(6)20)21-2-4(18-15)19-16/h2,15-16H2,(H,17,20)(H,18,19). The summed E-state index contributed by atoms with van der Waals surface area (Å²) in [4.78, 5) is 13.6. The summed E-state index contributed by atoms with van der Waals surface area (Å²) in [5.74, 6) is 9.99. The fourth-order valence-electron chi connectivity index (χ4n) is 1.30. The Bertz CT molecular complexity index is 665. The molecule has 1 heterocycles. The van der Waals surface area contributed by atoms with Crippen LogP contribution in [-0.4, -0.2) is 16.6 Å². The Hall–Kier alpha value is -1.90. The first-order valence-electron chi connectivity index (χ1n) is 5.05. The van der Waals surface area contributed by atoms with Crippen LogP contribution in [0.25, 0.3) is 0 Å². The predicted molar refractivity (Wildman–Crippen MR) is 71.5 cm³/mol. The Morgan fingerprint density at radius 3 is 2.62 bits per heavy atom. The van der Waals surface area contributed by atoms with Gasteiger partial charge in [-0.25, -0.2) is 5.84 Å². The molecule has 0 bridgehead atoms. The fraction of sp³-hybridized carbons (Fsp3) is 0.222. The van der Waals surface area contributed by atoms with Crippen molar-refractivity contribution in [1.82, 2.24) is 10.4 Å². The molecule has 0 atom stereocenters. The summed E-state index contributed by atoms with van der Waals surface area (Å²) in [5.41, 5.74) is -1.31. The van der Waals surface area contributed by atoms with Gasteiger partial charge in [-0.05, 0) is 0 Å². The number of nitrogens with two attached hydrogens (primary N) is 2. The Morgan fingerprint density at radius 1 is 1.57 bits per heavy atom. The molecule has 0 amide bonds. The quantitative estimate of drug-likeness (QED) is 0.211. The second-order valence-corrected chi connectivity index (χ2v) is 4.83. The minimum atomic E-state index is -4.94. The lowest BCUT2D eigenvalue weighted by molar-refractivity contribution is -0.138. The summed E-state index contributed by atoms with van der Waals surface area (Å²) >= 11 is 6.04. The number of halogens is 4. The van der Waals surface area contributed by atoms with Crippen molar-refractivity contribution in [3.05, 3.63) is 26.5 Å². The first-order valence-corrected chi connectivity index (χ1v) is 6.41. The summed E-state index contributed by atoms with van der Waals surface area (Å²) in [5, 5.41) is 10.7. The molecule has 0 aliphatic carbocycles. The number of rotatable bonds is 3. The molecule has 7 nitrogen and oxygen atoms in total. The van der Waals surface area contributed by atoms with E-state index in [0.717, 1.165) is 0 Å². The third-order valence-corrected chi connectivity index (χ3v) is 3.57. The molecule has 0 unspecified atom stereocenters. The van der Waals surface area contributed by atoms with Crippen molar-refractivity contribution in [3.63, 3.8) is 0 Å². The summed E-state index contributed by atoms with van der Waals surface area (Å²) in [6.07, 6.45) is -4.94. The number of aromatic nitrogens is 1. The highest BCUT2D eigenvalue weighted by atomic mass is 35.5. The van der Waals surface area contributed by atoms with Gasteiger partial charge < -0.3 is 16.3 Å². The predicted octanol–water partition coefficient (Wildman–Crippen LogP) is 0.746. The zero-order valence-corrected chi connectivity index (χ0v) is 11.7. The number of hydrogen-bond acceptors (Lipinski definition) is 6. The van der Waals surface area contributed by atoms with E-state index in [9.17, 15) is 18.0 Å². The summed E-state index contributed by atoms with van der Waals surface area (Å²) in [6, 6.07) is 1.38. The minimum absolute atomic E-state index is 0.0493. The highest BCUT2D eigenvalue weighted by Gasteiger charge is 2.39. The number of alkyl halides is 3. The van der Waals surface area contributed by atoms with Crippen LogP contribution >= 0.6 is 23.4 Å². The van der Waals surface area contributed by atoms with Crippen LogP contribution in [0, 0.1) is 11.3 Å². The lowest BCUT2D eigenvalue weighted by Gasteiger charge is -2.13. The van der Waals surface area contributed by atoms with E-state index in [1.165, 1.54) is 6.07 Å². The van der Waals surface area contributed by atoms with E-state index in [1.54, 1.807) is 0 Å². The largest absolute Gasteiger partial charge is 0.419 e. The van der Waals surface area contributed by atoms with Gasteiger partial charge in [0.1, 0.15) is 22.5 Å². The molecule has 0 aliphatic heterocycles. The number of hydrazone groups is 1. The lowest BCUT2D eigenvalue weighted by Crippen LogP contribution is -2.33. The average Bonchev–Trinajstić information content (AvgIpc) is 2.41. The summed E-state index contributed by atoms with van der Waals surface area (Å²) in [7, 11) is 0. The number of nitriles is 1. The molecular formula is C9H8ClF3N6OS. The Kier molecular flexibility index (Phi) is 5.47. The second-order valence-electron chi connectivity index (χ2n) is 3.47. The molecule has 114 valence electrons. The van der Waals surface area contributed by atoms with Gasteiger partial charge in [0.2, 0.25) is 0 Å². The average molecular weight is 341 g/mol. The monoisotopic (exact) mass is 340 g/mol. The number of aromatic amines is 1. The van der Waals surface area contributed by atoms with Crippen molar-refractivity contribution in [2.45, 2.75) is 11.2 Å². The molecule has 0 radical (unpaired) electrons. The van der Waals surface area contributed by atoms with E-state index >= 15 is 0 Å². The molecule has 0 aromatic carbocycles. The van der Waals surface area contributed by atoms with Gasteiger partial charge in [0, 0.05) is 0 Å². The van der Waals surface area contributed by atoms with Crippen LogP contribution < -0.4 is 22.7 Å². The van der Waals surface area contributed by atoms with E-state index in [0.29, 0.717) is 11.8 Å². The summed E-state index contributed by atoms with van der Waals surface area (Å²) in [6.45, 7) is 0. The molecule has 6 N–H and O–H groups in total. The van der Waals surface area contributed by atoms with Crippen molar-refractivity contribution in [3.8, 4) is 6.07 Å². The zero-order valence-electron chi connectivity index (χ0n) is 10.1. The van der Waals surface area contributed by atoms with E-state index < -0.39 is 27.9 Å². The second kappa shape index (κ2) is 6.70. The molecule has 0 spiro atoms. The third kappa shape index (κ3) is 3.81. The molecule has 0 fully saturated rings. The Labute approximate surface area is 125 Å². The zero-order chi connectivity index (χ0) is 16.2. The van der Waals surface area contributed by atoms with Crippen molar-refractivity contribution < 1.29 is 13.2 Å². The van der Waals surface area contributed by atoms with Crippen LogP contribution in [0.3, 0.4) is 0 Å². The molecule has 0 saturated heterocycles. The Balaban J connectivity index is 3.39. The fourth-order valence-corrected chi connectivity index (χ4v) is 2.44. The first-order chi connectivity index (χ1) is 9.76. The number of pyridine rings is 1. The molecule has 0 saturated carbocycles. The highest BCUT2D eigenvalue weighted by Crippen LogP contribution is 2.38. The normalized spacial score (nSPS) is 12.1. The van der Waals surface area contributed by atoms with Crippen molar-refractivity contribution in [2.75, 3.05) is 5.75 Å². The lowest BCUT2D eigenvalue weighted by atomic mass is 10.1. The molecule has 1 rings (SSSR count). The number of hydrazine groups is 1. The molecule has 1 aromatic rings. The van der Waals surface area contributed by atoms with Gasteiger partial charge in [-0.3, -0.25) is 4.79 Å². The maximum absolute atomic E-state index is 12.9. The van der Waals surface area contributed by atoms with Gasteiger partial charge in [-0.2, -0.15) is 23.5 Å². The Morgan fingerprint density at radius 2 is 2.19 bits per heavy atom. The number of amidine groups is 1. The van der Waals surface area contributed by atoms with E-state index in [4.69, 9.17) is 28.5 Å². The maximum atomic E-state index is 12.9. The van der Waals surface area contributed by atoms with Crippen molar-refractivity contribution >= 4 is 29.2 Å². The van der Waals surface area contributed by atoms with Gasteiger partial charge in [0.15, 0.2) is 0 Å². The molecule has 1 aromatic heterocycles. The van der Waals surface area contributed by atoms with Crippen LogP contribution in [0.15, 0.2) is 14.9 Å². The number of nitrogens with one attached hydrogen (secondary N) is 2. The van der Waals surface area contributed by atoms with Crippen LogP contribution in [0.5, 0.6) is 0 Å². The van der Waals surface area contributed by atoms with Gasteiger partial charge in [0.05, 0.1) is 16.3 Å². The summed E-state index contributed by atoms with van der Waals surface area (Å²) < 4.78 is 38.7. The topological polar surface area (TPSA) is 133 Å². The van der Waals surface area contributed by atoms with E-state index in [2.05, 4.69) is 15.5 Å². The molecule has 12 heteroatoms. The van der Waals surface area contributed by atoms with Gasteiger partial charge in [0.25, 0.3) is 5.56 Å². The molecule has 0 aliphatic rings. The van der Waals surface area contributed by atoms with Gasteiger partial charge in [-0.15, -0.1) is 0 Å². The van der Waals surface area contributed by atoms with E-state index in [-0.39, 0.29) is 16.6 Å². The minimum Gasteiger partial charge on any atom is -0.322 e. The van der Waals surface area contributed by atoms with Gasteiger partial charge in [-0.1, -0.05) is 23.4 Å². The number of H-pyrrole nitrogens is 1. The van der Waals surface area contributed by atoms with Crippen LogP contribution in [0.1, 0.15) is 11.1 Å². The van der Waals surface area contributed by atoms with Crippen LogP contribution in [0.2, 0.25) is 5.02 Å². The number of nitrogens with zero attached hydrogens (tertiary/aromatic N) is 2. The van der Waals surface area contributed by atoms with Gasteiger partial charge >= 0.3 is 6.18 Å². The maximum Gasteiger partial charge on any atom is 0.419 e. The molecule has 21 heavy (non-hydrogen) atoms. The SMILES string of the molecule is N#Cc1c(SC/C(=N/N)NN)[nH]c(=O)c(Cl)c1C(F)(F)F. The van der Waals surface area contributed by atoms with E-state index in [1.807, 2.05) is 0 Å². The molecular weight excluding hydrogens is 333 g/mol.